The molecule has 17 heavy (non-hydrogen) atoms. The number of alkyl halides is 3. The SMILES string of the molecule is CC1CC(CN)CN1CC(=O)NCC(F)(F)F. The Morgan fingerprint density at radius 1 is 1.53 bits per heavy atom. The van der Waals surface area contributed by atoms with E-state index in [1.54, 1.807) is 0 Å². The van der Waals surface area contributed by atoms with E-state index < -0.39 is 18.6 Å². The van der Waals surface area contributed by atoms with Crippen molar-refractivity contribution in [1.29, 1.82) is 0 Å². The third-order valence-corrected chi connectivity index (χ3v) is 2.96. The summed E-state index contributed by atoms with van der Waals surface area (Å²) in [4.78, 5) is 13.2. The van der Waals surface area contributed by atoms with Gasteiger partial charge < -0.3 is 11.1 Å². The molecule has 4 nitrogen and oxygen atoms in total. The van der Waals surface area contributed by atoms with Gasteiger partial charge in [-0.15, -0.1) is 0 Å². The molecule has 1 amide bonds. The minimum atomic E-state index is -4.36. The standard InChI is InChI=1S/C10H18F3N3O/c1-7-2-8(3-14)4-16(7)5-9(17)15-6-10(11,12)13/h7-8H,2-6,14H2,1H3,(H,15,17). The Morgan fingerprint density at radius 3 is 2.65 bits per heavy atom. The van der Waals surface area contributed by atoms with E-state index in [0.29, 0.717) is 19.0 Å². The lowest BCUT2D eigenvalue weighted by molar-refractivity contribution is -0.139. The summed E-state index contributed by atoms with van der Waals surface area (Å²) in [5.74, 6) is -0.257. The van der Waals surface area contributed by atoms with Crippen LogP contribution in [0.4, 0.5) is 13.2 Å². The molecule has 7 heteroatoms. The van der Waals surface area contributed by atoms with Crippen molar-refractivity contribution in [2.45, 2.75) is 25.6 Å². The Kier molecular flexibility index (Phi) is 4.76. The van der Waals surface area contributed by atoms with Crippen LogP contribution in [0.3, 0.4) is 0 Å². The maximum absolute atomic E-state index is 11.9. The maximum Gasteiger partial charge on any atom is 0.405 e. The van der Waals surface area contributed by atoms with Gasteiger partial charge in [0.2, 0.25) is 5.91 Å². The molecule has 0 spiro atoms. The van der Waals surface area contributed by atoms with E-state index in [9.17, 15) is 18.0 Å². The molecule has 2 unspecified atom stereocenters. The van der Waals surface area contributed by atoms with Crippen LogP contribution in [-0.2, 0) is 4.79 Å². The van der Waals surface area contributed by atoms with Crippen molar-refractivity contribution in [3.05, 3.63) is 0 Å². The number of carbonyl (C=O) groups is 1. The van der Waals surface area contributed by atoms with E-state index in [1.807, 2.05) is 17.1 Å². The first-order chi connectivity index (χ1) is 7.81. The number of nitrogens with one attached hydrogen (secondary N) is 1. The summed E-state index contributed by atoms with van der Waals surface area (Å²) in [7, 11) is 0. The molecule has 1 aliphatic heterocycles. The molecule has 0 aromatic rings. The number of carbonyl (C=O) groups excluding carboxylic acids is 1. The number of nitrogens with zero attached hydrogens (tertiary/aromatic N) is 1. The van der Waals surface area contributed by atoms with Gasteiger partial charge in [-0.3, -0.25) is 9.69 Å². The molecule has 1 rings (SSSR count). The first-order valence-electron chi connectivity index (χ1n) is 5.59. The summed E-state index contributed by atoms with van der Waals surface area (Å²) >= 11 is 0. The monoisotopic (exact) mass is 253 g/mol. The first kappa shape index (κ1) is 14.2. The predicted molar refractivity (Wildman–Crippen MR) is 57.3 cm³/mol. The molecule has 1 fully saturated rings. The van der Waals surface area contributed by atoms with Crippen molar-refractivity contribution in [2.75, 3.05) is 26.2 Å². The Morgan fingerprint density at radius 2 is 2.18 bits per heavy atom. The van der Waals surface area contributed by atoms with Gasteiger partial charge in [-0.2, -0.15) is 13.2 Å². The lowest BCUT2D eigenvalue weighted by Gasteiger charge is -2.20. The molecular formula is C10H18F3N3O. The van der Waals surface area contributed by atoms with Crippen molar-refractivity contribution in [3.63, 3.8) is 0 Å². The van der Waals surface area contributed by atoms with Gasteiger partial charge in [0, 0.05) is 12.6 Å². The number of halogens is 3. The quantitative estimate of drug-likeness (QED) is 0.759. The predicted octanol–water partition coefficient (Wildman–Crippen LogP) is 0.334. The molecule has 1 saturated heterocycles. The largest absolute Gasteiger partial charge is 0.405 e. The molecule has 3 N–H and O–H groups in total. The normalized spacial score (nSPS) is 26.2. The van der Waals surface area contributed by atoms with Crippen LogP contribution in [0.2, 0.25) is 0 Å². The van der Waals surface area contributed by atoms with Gasteiger partial charge in [-0.05, 0) is 25.8 Å². The smallest absolute Gasteiger partial charge is 0.346 e. The van der Waals surface area contributed by atoms with Crippen LogP contribution in [0, 0.1) is 5.92 Å². The maximum atomic E-state index is 11.9. The highest BCUT2D eigenvalue weighted by Crippen LogP contribution is 2.21. The van der Waals surface area contributed by atoms with Crippen molar-refractivity contribution < 1.29 is 18.0 Å². The Bertz CT molecular complexity index is 270. The molecule has 100 valence electrons. The molecule has 0 aromatic heterocycles. The molecule has 0 saturated carbocycles. The van der Waals surface area contributed by atoms with Gasteiger partial charge in [0.05, 0.1) is 6.54 Å². The molecule has 1 heterocycles. The average Bonchev–Trinajstić information content (AvgIpc) is 2.56. The molecule has 0 aromatic carbocycles. The van der Waals surface area contributed by atoms with E-state index in [-0.39, 0.29) is 12.6 Å². The third-order valence-electron chi connectivity index (χ3n) is 2.96. The summed E-state index contributed by atoms with van der Waals surface area (Å²) in [6, 6.07) is 0.195. The van der Waals surface area contributed by atoms with Crippen LogP contribution in [0.25, 0.3) is 0 Å². The lowest BCUT2D eigenvalue weighted by Crippen LogP contribution is -2.42. The Hall–Kier alpha value is -0.820. The van der Waals surface area contributed by atoms with Crippen molar-refractivity contribution >= 4 is 5.91 Å². The first-order valence-corrected chi connectivity index (χ1v) is 5.59. The highest BCUT2D eigenvalue weighted by atomic mass is 19.4. The fourth-order valence-electron chi connectivity index (χ4n) is 2.05. The highest BCUT2D eigenvalue weighted by molar-refractivity contribution is 5.78. The van der Waals surface area contributed by atoms with Crippen LogP contribution in [0.5, 0.6) is 0 Å². The highest BCUT2D eigenvalue weighted by Gasteiger charge is 2.31. The van der Waals surface area contributed by atoms with Gasteiger partial charge >= 0.3 is 6.18 Å². The number of amides is 1. The van der Waals surface area contributed by atoms with E-state index in [2.05, 4.69) is 0 Å². The van der Waals surface area contributed by atoms with Crippen molar-refractivity contribution in [1.82, 2.24) is 10.2 Å². The zero-order valence-corrected chi connectivity index (χ0v) is 9.76. The van der Waals surface area contributed by atoms with E-state index in [0.717, 1.165) is 6.42 Å². The Labute approximate surface area is 98.3 Å². The van der Waals surface area contributed by atoms with Crippen LogP contribution in [0.1, 0.15) is 13.3 Å². The van der Waals surface area contributed by atoms with Gasteiger partial charge in [0.15, 0.2) is 0 Å². The van der Waals surface area contributed by atoms with E-state index >= 15 is 0 Å². The summed E-state index contributed by atoms with van der Waals surface area (Å²) < 4.78 is 35.6. The Balaban J connectivity index is 2.32. The van der Waals surface area contributed by atoms with Crippen LogP contribution < -0.4 is 11.1 Å². The van der Waals surface area contributed by atoms with E-state index in [4.69, 9.17) is 5.73 Å². The molecule has 0 radical (unpaired) electrons. The zero-order valence-electron chi connectivity index (χ0n) is 9.76. The molecule has 2 atom stereocenters. The second-order valence-corrected chi connectivity index (χ2v) is 4.51. The summed E-state index contributed by atoms with van der Waals surface area (Å²) in [6.45, 7) is 1.91. The van der Waals surface area contributed by atoms with Gasteiger partial charge in [0.25, 0.3) is 0 Å². The number of hydrogen-bond donors (Lipinski definition) is 2. The third kappa shape index (κ3) is 4.91. The fourth-order valence-corrected chi connectivity index (χ4v) is 2.05. The van der Waals surface area contributed by atoms with Crippen LogP contribution >= 0.6 is 0 Å². The minimum Gasteiger partial charge on any atom is -0.346 e. The summed E-state index contributed by atoms with van der Waals surface area (Å²) in [5.41, 5.74) is 5.53. The van der Waals surface area contributed by atoms with Crippen LogP contribution in [-0.4, -0.2) is 49.2 Å². The van der Waals surface area contributed by atoms with E-state index in [1.165, 1.54) is 0 Å². The summed E-state index contributed by atoms with van der Waals surface area (Å²) in [6.07, 6.45) is -3.46. The van der Waals surface area contributed by atoms with Crippen LogP contribution in [0.15, 0.2) is 0 Å². The molecule has 0 aliphatic carbocycles. The average molecular weight is 253 g/mol. The molecule has 0 bridgehead atoms. The van der Waals surface area contributed by atoms with Gasteiger partial charge in [-0.1, -0.05) is 0 Å². The van der Waals surface area contributed by atoms with Crippen molar-refractivity contribution in [3.8, 4) is 0 Å². The topological polar surface area (TPSA) is 58.4 Å². The lowest BCUT2D eigenvalue weighted by atomic mass is 10.1. The number of nitrogens with two attached hydrogens (primary N) is 1. The second-order valence-electron chi connectivity index (χ2n) is 4.51. The molecule has 1 aliphatic rings. The second kappa shape index (κ2) is 5.68. The minimum absolute atomic E-state index is 0.00769. The van der Waals surface area contributed by atoms with Crippen molar-refractivity contribution in [2.24, 2.45) is 11.7 Å². The number of likely N-dealkylation sites (tertiary alicyclic amines) is 1. The molecular weight excluding hydrogens is 235 g/mol. The fraction of sp³-hybridized carbons (Fsp3) is 0.900. The number of hydrogen-bond acceptors (Lipinski definition) is 3. The zero-order chi connectivity index (χ0) is 13.1. The van der Waals surface area contributed by atoms with Gasteiger partial charge in [0.1, 0.15) is 6.54 Å². The number of rotatable bonds is 4. The van der Waals surface area contributed by atoms with Gasteiger partial charge in [-0.25, -0.2) is 0 Å². The summed E-state index contributed by atoms with van der Waals surface area (Å²) in [5, 5.41) is 1.87.